The van der Waals surface area contributed by atoms with E-state index in [1.54, 1.807) is 0 Å². The Morgan fingerprint density at radius 2 is 0.846 bits per heavy atom. The van der Waals surface area contributed by atoms with Crippen molar-refractivity contribution in [1.29, 1.82) is 0 Å². The Morgan fingerprint density at radius 3 is 1.23 bits per heavy atom. The Bertz CT molecular complexity index is 155. The molecule has 0 N–H and O–H groups in total. The lowest BCUT2D eigenvalue weighted by molar-refractivity contribution is 0.588. The van der Waals surface area contributed by atoms with E-state index in [2.05, 4.69) is 0 Å². The molecule has 0 atom stereocenters. The van der Waals surface area contributed by atoms with Gasteiger partial charge in [0.15, 0.2) is 0 Å². The Labute approximate surface area is 91.3 Å². The highest BCUT2D eigenvalue weighted by molar-refractivity contribution is 6.39. The van der Waals surface area contributed by atoms with Crippen molar-refractivity contribution in [2.75, 3.05) is 0 Å². The zero-order valence-corrected chi connectivity index (χ0v) is 9.63. The van der Waals surface area contributed by atoms with Crippen molar-refractivity contribution in [2.24, 2.45) is 0 Å². The van der Waals surface area contributed by atoms with E-state index < -0.39 is 0 Å². The van der Waals surface area contributed by atoms with Crippen molar-refractivity contribution in [3.05, 3.63) is 10.1 Å². The molecule has 0 saturated carbocycles. The van der Waals surface area contributed by atoms with Crippen LogP contribution in [0.3, 0.4) is 0 Å². The van der Waals surface area contributed by atoms with Gasteiger partial charge in [0.25, 0.3) is 0 Å². The molecule has 13 heavy (non-hydrogen) atoms. The minimum absolute atomic E-state index is 0.906. The van der Waals surface area contributed by atoms with Crippen LogP contribution in [-0.4, -0.2) is 0 Å². The van der Waals surface area contributed by atoms with E-state index in [-0.39, 0.29) is 0 Å². The van der Waals surface area contributed by atoms with Crippen LogP contribution < -0.4 is 0 Å². The van der Waals surface area contributed by atoms with Crippen LogP contribution in [0.25, 0.3) is 0 Å². The molecule has 0 aromatic heterocycles. The van der Waals surface area contributed by atoms with Crippen molar-refractivity contribution >= 4 is 23.2 Å². The third kappa shape index (κ3) is 4.93. The monoisotopic (exact) mass is 220 g/mol. The lowest BCUT2D eigenvalue weighted by Gasteiger charge is -2.01. The lowest BCUT2D eigenvalue weighted by Crippen LogP contribution is -1.81. The first-order chi connectivity index (χ1) is 6.30. The van der Waals surface area contributed by atoms with Gasteiger partial charge in [-0.2, -0.15) is 0 Å². The van der Waals surface area contributed by atoms with Gasteiger partial charge in [-0.15, -0.1) is 0 Å². The molecule has 0 amide bonds. The summed E-state index contributed by atoms with van der Waals surface area (Å²) in [6.07, 6.45) is 11.1. The van der Waals surface area contributed by atoms with Crippen LogP contribution in [0, 0.1) is 0 Å². The van der Waals surface area contributed by atoms with Gasteiger partial charge in [0.05, 0.1) is 0 Å². The quantitative estimate of drug-likeness (QED) is 0.527. The second kappa shape index (κ2) is 6.73. The number of rotatable bonds is 0. The molecule has 0 unspecified atom stereocenters. The van der Waals surface area contributed by atoms with Gasteiger partial charge in [0.2, 0.25) is 0 Å². The second-order valence-electron chi connectivity index (χ2n) is 3.78. The molecule has 0 aromatic rings. The molecule has 0 bridgehead atoms. The van der Waals surface area contributed by atoms with Crippen LogP contribution >= 0.6 is 23.2 Å². The summed E-state index contributed by atoms with van der Waals surface area (Å²) in [6, 6.07) is 0. The fourth-order valence-corrected chi connectivity index (χ4v) is 2.17. The molecule has 0 heterocycles. The first kappa shape index (κ1) is 11.4. The van der Waals surface area contributed by atoms with Gasteiger partial charge in [-0.25, -0.2) is 0 Å². The average Bonchev–Trinajstić information content (AvgIpc) is 2.16. The maximum atomic E-state index is 6.07. The summed E-state index contributed by atoms with van der Waals surface area (Å²) in [5.74, 6) is 0. The molecule has 0 saturated heterocycles. The summed E-state index contributed by atoms with van der Waals surface area (Å²) in [6.45, 7) is 0. The molecule has 1 aliphatic carbocycles. The van der Waals surface area contributed by atoms with Gasteiger partial charge in [-0.3, -0.25) is 0 Å². The summed E-state index contributed by atoms with van der Waals surface area (Å²) in [4.78, 5) is 0. The van der Waals surface area contributed by atoms with E-state index in [4.69, 9.17) is 23.2 Å². The fraction of sp³-hybridized carbons (Fsp3) is 0.818. The van der Waals surface area contributed by atoms with Crippen LogP contribution in [0.5, 0.6) is 0 Å². The van der Waals surface area contributed by atoms with Crippen molar-refractivity contribution < 1.29 is 0 Å². The van der Waals surface area contributed by atoms with E-state index >= 15 is 0 Å². The molecule has 0 aliphatic heterocycles. The van der Waals surface area contributed by atoms with E-state index in [1.807, 2.05) is 0 Å². The first-order valence-electron chi connectivity index (χ1n) is 5.34. The Morgan fingerprint density at radius 1 is 0.538 bits per heavy atom. The van der Waals surface area contributed by atoms with Gasteiger partial charge in [0.1, 0.15) is 0 Å². The predicted molar refractivity (Wildman–Crippen MR) is 60.3 cm³/mol. The molecule has 76 valence electrons. The zero-order chi connectivity index (χ0) is 9.52. The third-order valence-electron chi connectivity index (χ3n) is 2.59. The summed E-state index contributed by atoms with van der Waals surface area (Å²) in [5.41, 5.74) is 0. The molecule has 1 rings (SSSR count). The van der Waals surface area contributed by atoms with Gasteiger partial charge in [-0.1, -0.05) is 55.3 Å². The van der Waals surface area contributed by atoms with Gasteiger partial charge < -0.3 is 0 Å². The Kier molecular flexibility index (Phi) is 5.90. The molecule has 0 fully saturated rings. The zero-order valence-electron chi connectivity index (χ0n) is 8.12. The molecule has 2 heteroatoms. The highest BCUT2D eigenvalue weighted by Crippen LogP contribution is 2.26. The lowest BCUT2D eigenvalue weighted by atomic mass is 10.1. The van der Waals surface area contributed by atoms with E-state index in [1.165, 1.54) is 44.9 Å². The molecule has 0 nitrogen and oxygen atoms in total. The predicted octanol–water partition coefficient (Wildman–Crippen LogP) is 5.20. The number of hydrogen-bond donors (Lipinski definition) is 0. The maximum absolute atomic E-state index is 6.07. The summed E-state index contributed by atoms with van der Waals surface area (Å²) in [5, 5.41) is 1.81. The minimum atomic E-state index is 0.906. The van der Waals surface area contributed by atoms with Crippen molar-refractivity contribution in [1.82, 2.24) is 0 Å². The topological polar surface area (TPSA) is 0 Å². The van der Waals surface area contributed by atoms with Crippen LogP contribution in [0.1, 0.15) is 57.8 Å². The second-order valence-corrected chi connectivity index (χ2v) is 4.70. The fourth-order valence-electron chi connectivity index (χ4n) is 1.72. The molecular formula is C11H18Cl2. The molecule has 0 spiro atoms. The van der Waals surface area contributed by atoms with Gasteiger partial charge >= 0.3 is 0 Å². The van der Waals surface area contributed by atoms with Crippen LogP contribution in [0.4, 0.5) is 0 Å². The maximum Gasteiger partial charge on any atom is 0.0325 e. The highest BCUT2D eigenvalue weighted by atomic mass is 35.5. The Hall–Kier alpha value is 0.320. The molecular weight excluding hydrogens is 203 g/mol. The number of hydrogen-bond acceptors (Lipinski definition) is 0. The SMILES string of the molecule is Cl/C1=C(\Cl)CCCCCCCCC1. The summed E-state index contributed by atoms with van der Waals surface area (Å²) >= 11 is 12.1. The summed E-state index contributed by atoms with van der Waals surface area (Å²) in [7, 11) is 0. The molecule has 1 aliphatic rings. The number of halogens is 2. The Balaban J connectivity index is 2.40. The van der Waals surface area contributed by atoms with Crippen molar-refractivity contribution in [3.63, 3.8) is 0 Å². The molecule has 0 radical (unpaired) electrons. The minimum Gasteiger partial charge on any atom is -0.0879 e. The van der Waals surface area contributed by atoms with Crippen molar-refractivity contribution in [2.45, 2.75) is 57.8 Å². The standard InChI is InChI=1S/C11H18Cl2/c12-10-8-6-4-2-1-3-5-7-9-11(10)13/h1-9H2/b11-10-. The molecule has 0 aromatic carbocycles. The van der Waals surface area contributed by atoms with E-state index in [9.17, 15) is 0 Å². The first-order valence-corrected chi connectivity index (χ1v) is 6.09. The average molecular weight is 221 g/mol. The number of allylic oxidation sites excluding steroid dienone is 2. The normalized spacial score (nSPS) is 28.2. The van der Waals surface area contributed by atoms with E-state index in [0.29, 0.717) is 0 Å². The van der Waals surface area contributed by atoms with Crippen molar-refractivity contribution in [3.8, 4) is 0 Å². The highest BCUT2D eigenvalue weighted by Gasteiger charge is 2.04. The smallest absolute Gasteiger partial charge is 0.0325 e. The van der Waals surface area contributed by atoms with Crippen LogP contribution in [0.15, 0.2) is 10.1 Å². The largest absolute Gasteiger partial charge is 0.0879 e. The van der Waals surface area contributed by atoms with Gasteiger partial charge in [0, 0.05) is 10.1 Å². The van der Waals surface area contributed by atoms with Gasteiger partial charge in [-0.05, 0) is 25.7 Å². The summed E-state index contributed by atoms with van der Waals surface area (Å²) < 4.78 is 0. The van der Waals surface area contributed by atoms with Crippen LogP contribution in [0.2, 0.25) is 0 Å². The van der Waals surface area contributed by atoms with Crippen LogP contribution in [-0.2, 0) is 0 Å². The third-order valence-corrected chi connectivity index (χ3v) is 3.52. The van der Waals surface area contributed by atoms with E-state index in [0.717, 1.165) is 22.9 Å².